The first-order chi connectivity index (χ1) is 9.27. The summed E-state index contributed by atoms with van der Waals surface area (Å²) in [5, 5.41) is 8.00. The van der Waals surface area contributed by atoms with E-state index in [9.17, 15) is 12.8 Å². The molecule has 0 spiro atoms. The molecule has 5 nitrogen and oxygen atoms in total. The first kappa shape index (κ1) is 14.8. The second kappa shape index (κ2) is 5.39. The first-order valence-corrected chi connectivity index (χ1v) is 7.76. The van der Waals surface area contributed by atoms with Gasteiger partial charge in [0.25, 0.3) is 0 Å². The smallest absolute Gasteiger partial charge is 0.240 e. The minimum absolute atomic E-state index is 0.127. The molecule has 0 unspecified atom stereocenters. The minimum Gasteiger partial charge on any atom is -0.399 e. The molecule has 0 saturated carbocycles. The molecular formula is C12H11BrFN3O2S. The molecule has 2 aromatic rings. The van der Waals surface area contributed by atoms with E-state index in [0.29, 0.717) is 5.69 Å². The summed E-state index contributed by atoms with van der Waals surface area (Å²) in [7, 11) is -3.92. The fraction of sp³-hybridized carbons (Fsp3) is 0. The predicted molar refractivity (Wildman–Crippen MR) is 79.6 cm³/mol. The monoisotopic (exact) mass is 359 g/mol. The molecule has 0 aliphatic heterocycles. The highest BCUT2D eigenvalue weighted by molar-refractivity contribution is 9.10. The number of benzene rings is 2. The van der Waals surface area contributed by atoms with E-state index in [4.69, 9.17) is 10.9 Å². The molecule has 0 fully saturated rings. The van der Waals surface area contributed by atoms with Gasteiger partial charge in [0.1, 0.15) is 10.7 Å². The fourth-order valence-electron chi connectivity index (χ4n) is 1.61. The standard InChI is InChI=1S/C12H11BrFN3O2S/c13-9-6-8(2-3-10(9)14)17-11-4-1-7(15)5-12(11)20(16,18)19/h1-6,17H,15H2,(H2,16,18,19). The molecule has 0 heterocycles. The normalized spacial score (nSPS) is 11.3. The Hall–Kier alpha value is -1.64. The molecule has 0 bridgehead atoms. The molecule has 0 amide bonds. The highest BCUT2D eigenvalue weighted by Crippen LogP contribution is 2.28. The highest BCUT2D eigenvalue weighted by Gasteiger charge is 2.15. The zero-order valence-corrected chi connectivity index (χ0v) is 12.5. The number of nitrogens with two attached hydrogens (primary N) is 2. The summed E-state index contributed by atoms with van der Waals surface area (Å²) in [4.78, 5) is -0.127. The SMILES string of the molecule is Nc1ccc(Nc2ccc(F)c(Br)c2)c(S(N)(=O)=O)c1. The zero-order chi connectivity index (χ0) is 14.9. The molecule has 0 atom stereocenters. The molecule has 2 aromatic carbocycles. The van der Waals surface area contributed by atoms with E-state index in [1.165, 1.54) is 36.4 Å². The van der Waals surface area contributed by atoms with Crippen LogP contribution in [0.3, 0.4) is 0 Å². The van der Waals surface area contributed by atoms with Gasteiger partial charge < -0.3 is 11.1 Å². The maximum Gasteiger partial charge on any atom is 0.240 e. The average molecular weight is 360 g/mol. The third kappa shape index (κ3) is 3.27. The highest BCUT2D eigenvalue weighted by atomic mass is 79.9. The topological polar surface area (TPSA) is 98.2 Å². The van der Waals surface area contributed by atoms with Gasteiger partial charge in [-0.1, -0.05) is 0 Å². The second-order valence-electron chi connectivity index (χ2n) is 4.05. The first-order valence-electron chi connectivity index (χ1n) is 5.42. The van der Waals surface area contributed by atoms with Crippen LogP contribution in [0.15, 0.2) is 45.8 Å². The molecule has 2 rings (SSSR count). The Balaban J connectivity index is 2.46. The number of anilines is 3. The van der Waals surface area contributed by atoms with Crippen LogP contribution in [0.4, 0.5) is 21.5 Å². The van der Waals surface area contributed by atoms with Crippen LogP contribution in [-0.2, 0) is 10.0 Å². The number of hydrogen-bond acceptors (Lipinski definition) is 4. The maximum absolute atomic E-state index is 13.2. The van der Waals surface area contributed by atoms with Gasteiger partial charge in [0.05, 0.1) is 10.2 Å². The third-order valence-electron chi connectivity index (χ3n) is 2.51. The lowest BCUT2D eigenvalue weighted by atomic mass is 10.2. The number of hydrogen-bond donors (Lipinski definition) is 3. The van der Waals surface area contributed by atoms with E-state index in [1.807, 2.05) is 0 Å². The van der Waals surface area contributed by atoms with E-state index < -0.39 is 15.8 Å². The molecule has 0 radical (unpaired) electrons. The van der Waals surface area contributed by atoms with Crippen LogP contribution in [0.1, 0.15) is 0 Å². The lowest BCUT2D eigenvalue weighted by Gasteiger charge is -2.12. The summed E-state index contributed by atoms with van der Waals surface area (Å²) in [6.45, 7) is 0. The molecule has 106 valence electrons. The van der Waals surface area contributed by atoms with Gasteiger partial charge >= 0.3 is 0 Å². The Labute approximate surface area is 124 Å². The van der Waals surface area contributed by atoms with E-state index in [0.717, 1.165) is 0 Å². The van der Waals surface area contributed by atoms with E-state index in [-0.39, 0.29) is 20.7 Å². The van der Waals surface area contributed by atoms with E-state index in [2.05, 4.69) is 21.2 Å². The number of nitrogen functional groups attached to an aromatic ring is 1. The number of rotatable bonds is 3. The summed E-state index contributed by atoms with van der Waals surface area (Å²) in [5.41, 5.74) is 6.61. The average Bonchev–Trinajstić information content (AvgIpc) is 2.35. The van der Waals surface area contributed by atoms with Crippen molar-refractivity contribution in [3.8, 4) is 0 Å². The van der Waals surface area contributed by atoms with Gasteiger partial charge in [-0.3, -0.25) is 0 Å². The van der Waals surface area contributed by atoms with Crippen molar-refractivity contribution in [3.05, 3.63) is 46.7 Å². The Kier molecular flexibility index (Phi) is 3.98. The summed E-state index contributed by atoms with van der Waals surface area (Å²) >= 11 is 3.05. The van der Waals surface area contributed by atoms with Gasteiger partial charge in [-0.05, 0) is 52.3 Å². The minimum atomic E-state index is -3.92. The predicted octanol–water partition coefficient (Wildman–Crippen LogP) is 2.56. The molecule has 8 heteroatoms. The van der Waals surface area contributed by atoms with Crippen molar-refractivity contribution in [3.63, 3.8) is 0 Å². The van der Waals surface area contributed by atoms with Crippen molar-refractivity contribution >= 4 is 43.0 Å². The second-order valence-corrected chi connectivity index (χ2v) is 6.44. The number of halogens is 2. The van der Waals surface area contributed by atoms with Crippen molar-refractivity contribution in [1.82, 2.24) is 0 Å². The van der Waals surface area contributed by atoms with E-state index in [1.54, 1.807) is 0 Å². The molecule has 0 saturated heterocycles. The fourth-order valence-corrected chi connectivity index (χ4v) is 2.71. The number of primary sulfonamides is 1. The Morgan fingerprint density at radius 2 is 1.85 bits per heavy atom. The lowest BCUT2D eigenvalue weighted by molar-refractivity contribution is 0.598. The largest absolute Gasteiger partial charge is 0.399 e. The summed E-state index contributed by atoms with van der Waals surface area (Å²) in [5.74, 6) is -0.417. The van der Waals surface area contributed by atoms with Gasteiger partial charge in [0, 0.05) is 11.4 Å². The Bertz CT molecular complexity index is 765. The zero-order valence-electron chi connectivity index (χ0n) is 10.1. The summed E-state index contributed by atoms with van der Waals surface area (Å²) in [6, 6.07) is 8.50. The van der Waals surface area contributed by atoms with Gasteiger partial charge in [0.2, 0.25) is 10.0 Å². The number of nitrogens with one attached hydrogen (secondary N) is 1. The molecule has 0 aliphatic carbocycles. The van der Waals surface area contributed by atoms with Crippen molar-refractivity contribution in [2.24, 2.45) is 5.14 Å². The van der Waals surface area contributed by atoms with Crippen LogP contribution in [0.2, 0.25) is 0 Å². The van der Waals surface area contributed by atoms with Crippen LogP contribution in [0.25, 0.3) is 0 Å². The van der Waals surface area contributed by atoms with Gasteiger partial charge in [-0.25, -0.2) is 17.9 Å². The Morgan fingerprint density at radius 1 is 1.15 bits per heavy atom. The van der Waals surface area contributed by atoms with Gasteiger partial charge in [0.15, 0.2) is 0 Å². The molecule has 5 N–H and O–H groups in total. The van der Waals surface area contributed by atoms with Gasteiger partial charge in [-0.2, -0.15) is 0 Å². The van der Waals surface area contributed by atoms with Crippen LogP contribution >= 0.6 is 15.9 Å². The molecular weight excluding hydrogens is 349 g/mol. The van der Waals surface area contributed by atoms with Crippen molar-refractivity contribution in [1.29, 1.82) is 0 Å². The summed E-state index contributed by atoms with van der Waals surface area (Å²) < 4.78 is 36.5. The number of sulfonamides is 1. The van der Waals surface area contributed by atoms with Crippen molar-refractivity contribution in [2.75, 3.05) is 11.1 Å². The lowest BCUT2D eigenvalue weighted by Crippen LogP contribution is -2.14. The third-order valence-corrected chi connectivity index (χ3v) is 4.07. The van der Waals surface area contributed by atoms with Crippen LogP contribution < -0.4 is 16.2 Å². The quantitative estimate of drug-likeness (QED) is 0.733. The van der Waals surface area contributed by atoms with Crippen LogP contribution in [0, 0.1) is 5.82 Å². The molecule has 20 heavy (non-hydrogen) atoms. The van der Waals surface area contributed by atoms with E-state index >= 15 is 0 Å². The summed E-state index contributed by atoms with van der Waals surface area (Å²) in [6.07, 6.45) is 0. The maximum atomic E-state index is 13.2. The van der Waals surface area contributed by atoms with Crippen LogP contribution in [0.5, 0.6) is 0 Å². The van der Waals surface area contributed by atoms with Crippen molar-refractivity contribution in [2.45, 2.75) is 4.90 Å². The van der Waals surface area contributed by atoms with Crippen molar-refractivity contribution < 1.29 is 12.8 Å². The Morgan fingerprint density at radius 3 is 2.45 bits per heavy atom. The van der Waals surface area contributed by atoms with Crippen LogP contribution in [-0.4, -0.2) is 8.42 Å². The molecule has 0 aliphatic rings. The van der Waals surface area contributed by atoms with Gasteiger partial charge in [-0.15, -0.1) is 0 Å². The molecule has 0 aromatic heterocycles.